The van der Waals surface area contributed by atoms with Gasteiger partial charge in [0.05, 0.1) is 20.8 Å². The van der Waals surface area contributed by atoms with E-state index in [9.17, 15) is 10.1 Å². The van der Waals surface area contributed by atoms with Crippen LogP contribution in [0, 0.1) is 30.3 Å². The molecule has 0 bridgehead atoms. The molecular formula is C6H18N6O7Si. The molecule has 0 saturated heterocycles. The van der Waals surface area contributed by atoms with Crippen LogP contribution in [0.15, 0.2) is 0 Å². The quantitative estimate of drug-likeness (QED) is 0.327. The second-order valence-corrected chi connectivity index (χ2v) is 10.1. The first-order valence-electron chi connectivity index (χ1n) is 5.25. The highest BCUT2D eigenvalue weighted by Gasteiger charge is 2.24. The van der Waals surface area contributed by atoms with Crippen molar-refractivity contribution < 1.29 is 19.9 Å². The van der Waals surface area contributed by atoms with E-state index in [4.69, 9.17) is 26.1 Å². The molecule has 14 heteroatoms. The van der Waals surface area contributed by atoms with Crippen LogP contribution >= 0.6 is 0 Å². The fourth-order valence-corrected chi connectivity index (χ4v) is 2.36. The maximum atomic E-state index is 10.5. The van der Waals surface area contributed by atoms with Crippen LogP contribution in [0.2, 0.25) is 19.6 Å². The number of nitro groups is 3. The fraction of sp³-hybridized carbons (Fsp3) is 1.00. The van der Waals surface area contributed by atoms with Gasteiger partial charge in [0.15, 0.2) is 10.6 Å². The fourth-order valence-electron chi connectivity index (χ4n) is 0.991. The lowest BCUT2D eigenvalue weighted by atomic mass is 10.7. The van der Waals surface area contributed by atoms with E-state index in [1.54, 1.807) is 0 Å². The van der Waals surface area contributed by atoms with Gasteiger partial charge in [-0.25, -0.2) is 36.2 Å². The summed E-state index contributed by atoms with van der Waals surface area (Å²) in [5.74, 6) is 4.80. The molecule has 0 radical (unpaired) electrons. The average Bonchev–Trinajstić information content (AvgIpc) is 2.21. The summed E-state index contributed by atoms with van der Waals surface area (Å²) in [4.78, 5) is 33.0. The third-order valence-corrected chi connectivity index (χ3v) is 2.83. The summed E-state index contributed by atoms with van der Waals surface area (Å²) >= 11 is 0. The minimum Gasteiger partial charge on any atom is -0.303 e. The van der Waals surface area contributed by atoms with Gasteiger partial charge >= 0.3 is 0 Å². The Hall–Kier alpha value is -2.06. The predicted molar refractivity (Wildman–Crippen MR) is 69.2 cm³/mol. The van der Waals surface area contributed by atoms with Crippen molar-refractivity contribution in [3.05, 3.63) is 30.3 Å². The highest BCUT2D eigenvalue weighted by Crippen LogP contribution is 2.03. The van der Waals surface area contributed by atoms with Crippen LogP contribution in [0.25, 0.3) is 0 Å². The Morgan fingerprint density at radius 2 is 1.60 bits per heavy atom. The van der Waals surface area contributed by atoms with Gasteiger partial charge in [0, 0.05) is 0 Å². The standard InChI is InChI=1S/C6H17N3O3Si.HN3O4/c1-13(2,3)6-8(9(10)11)4-5-12-7;4-2(5)1-3(6)7/h4-7H2,1-3H3;1H. The number of nitrogens with one attached hydrogen (secondary N) is 1. The van der Waals surface area contributed by atoms with Crippen LogP contribution in [-0.2, 0) is 4.84 Å². The van der Waals surface area contributed by atoms with Gasteiger partial charge in [-0.3, -0.25) is 0 Å². The summed E-state index contributed by atoms with van der Waals surface area (Å²) in [7, 11) is -1.45. The first-order valence-corrected chi connectivity index (χ1v) is 8.96. The van der Waals surface area contributed by atoms with Gasteiger partial charge in [-0.05, 0) is 0 Å². The second-order valence-electron chi connectivity index (χ2n) is 4.67. The number of rotatable bonds is 8. The molecular weight excluding hydrogens is 296 g/mol. The van der Waals surface area contributed by atoms with E-state index in [2.05, 4.69) is 24.5 Å². The summed E-state index contributed by atoms with van der Waals surface area (Å²) in [6.45, 7) is 6.66. The topological polar surface area (TPSA) is 180 Å². The molecule has 20 heavy (non-hydrogen) atoms. The van der Waals surface area contributed by atoms with Gasteiger partial charge < -0.3 is 4.84 Å². The van der Waals surface area contributed by atoms with E-state index in [1.165, 1.54) is 5.01 Å². The van der Waals surface area contributed by atoms with Crippen LogP contribution in [0.5, 0.6) is 0 Å². The molecule has 13 nitrogen and oxygen atoms in total. The molecule has 0 aromatic heterocycles. The molecule has 0 atom stereocenters. The monoisotopic (exact) mass is 314 g/mol. The minimum absolute atomic E-state index is 0.186. The molecule has 0 aromatic rings. The van der Waals surface area contributed by atoms with Gasteiger partial charge in [0.25, 0.3) is 0 Å². The minimum atomic E-state index is -1.45. The van der Waals surface area contributed by atoms with Gasteiger partial charge in [-0.2, -0.15) is 0 Å². The van der Waals surface area contributed by atoms with Crippen molar-refractivity contribution in [1.82, 2.24) is 10.5 Å². The van der Waals surface area contributed by atoms with Crippen LogP contribution in [0.3, 0.4) is 0 Å². The number of nitrogens with two attached hydrogens (primary N) is 1. The Balaban J connectivity index is 0. The lowest BCUT2D eigenvalue weighted by Gasteiger charge is -2.21. The average molecular weight is 314 g/mol. The number of hydrogen-bond donors (Lipinski definition) is 2. The summed E-state index contributed by atoms with van der Waals surface area (Å²) in [6.07, 6.45) is 0.517. The Kier molecular flexibility index (Phi) is 9.94. The molecule has 0 saturated carbocycles. The molecule has 0 unspecified atom stereocenters. The molecule has 0 aliphatic heterocycles. The first-order chi connectivity index (χ1) is 8.99. The van der Waals surface area contributed by atoms with Crippen molar-refractivity contribution >= 4 is 8.07 Å². The molecule has 0 aliphatic carbocycles. The molecule has 0 rings (SSSR count). The van der Waals surface area contributed by atoms with Crippen LogP contribution in [0.4, 0.5) is 0 Å². The Morgan fingerprint density at radius 1 is 1.15 bits per heavy atom. The highest BCUT2D eigenvalue weighted by molar-refractivity contribution is 6.76. The first kappa shape index (κ1) is 20.3. The van der Waals surface area contributed by atoms with E-state index in [-0.39, 0.29) is 13.2 Å². The van der Waals surface area contributed by atoms with Gasteiger partial charge in [0.2, 0.25) is 10.1 Å². The molecule has 0 aromatic carbocycles. The van der Waals surface area contributed by atoms with E-state index in [0.29, 0.717) is 6.17 Å². The Labute approximate surface area is 115 Å². The van der Waals surface area contributed by atoms with Crippen LogP contribution in [-0.4, -0.2) is 47.5 Å². The smallest absolute Gasteiger partial charge is 0.220 e. The van der Waals surface area contributed by atoms with E-state index in [0.717, 1.165) is 5.53 Å². The third-order valence-electron chi connectivity index (χ3n) is 1.52. The summed E-state index contributed by atoms with van der Waals surface area (Å²) in [5, 5.41) is 26.9. The normalized spacial score (nSPS) is 10.0. The summed E-state index contributed by atoms with van der Waals surface area (Å²) in [6, 6.07) is 0. The summed E-state index contributed by atoms with van der Waals surface area (Å²) in [5.41, 5.74) is 0.750. The number of hydrogen-bond acceptors (Lipinski definition) is 8. The second kappa shape index (κ2) is 9.81. The lowest BCUT2D eigenvalue weighted by molar-refractivity contribution is -0.778. The van der Waals surface area contributed by atoms with Crippen molar-refractivity contribution in [3.8, 4) is 0 Å². The molecule has 0 spiro atoms. The SMILES string of the molecule is C[Si](C)(C)CN(CCON)[N+](=O)[O-].O=[N+]([O-])N[N+](=O)[O-]. The van der Waals surface area contributed by atoms with Crippen molar-refractivity contribution in [3.63, 3.8) is 0 Å². The van der Waals surface area contributed by atoms with E-state index >= 15 is 0 Å². The number of nitrogens with zero attached hydrogens (tertiary/aromatic N) is 4. The van der Waals surface area contributed by atoms with Crippen molar-refractivity contribution in [2.24, 2.45) is 5.90 Å². The largest absolute Gasteiger partial charge is 0.303 e. The Morgan fingerprint density at radius 3 is 1.80 bits per heavy atom. The van der Waals surface area contributed by atoms with Gasteiger partial charge in [-0.1, -0.05) is 19.6 Å². The molecule has 118 valence electrons. The zero-order valence-electron chi connectivity index (χ0n) is 11.3. The third kappa shape index (κ3) is 15.9. The predicted octanol–water partition coefficient (Wildman–Crippen LogP) is -0.793. The maximum absolute atomic E-state index is 10.5. The molecule has 0 aliphatic rings. The van der Waals surface area contributed by atoms with Crippen LogP contribution < -0.4 is 11.4 Å². The number of hydrazine groups is 3. The lowest BCUT2D eigenvalue weighted by Crippen LogP contribution is -2.44. The zero-order chi connectivity index (χ0) is 16.3. The molecule has 0 amide bonds. The maximum Gasteiger partial charge on any atom is 0.220 e. The summed E-state index contributed by atoms with van der Waals surface area (Å²) < 4.78 is 0. The zero-order valence-corrected chi connectivity index (χ0v) is 12.3. The van der Waals surface area contributed by atoms with Gasteiger partial charge in [0.1, 0.15) is 6.54 Å². The molecule has 3 N–H and O–H groups in total. The van der Waals surface area contributed by atoms with Crippen LogP contribution in [0.1, 0.15) is 0 Å². The van der Waals surface area contributed by atoms with Crippen molar-refractivity contribution in [1.29, 1.82) is 0 Å². The van der Waals surface area contributed by atoms with E-state index in [1.807, 2.05) is 0 Å². The molecule has 0 heterocycles. The Bertz CT molecular complexity index is 322. The highest BCUT2D eigenvalue weighted by atomic mass is 28.3. The van der Waals surface area contributed by atoms with E-state index < -0.39 is 23.2 Å². The van der Waals surface area contributed by atoms with Crippen molar-refractivity contribution in [2.45, 2.75) is 19.6 Å². The molecule has 0 fully saturated rings. The van der Waals surface area contributed by atoms with Crippen molar-refractivity contribution in [2.75, 3.05) is 19.3 Å². The van der Waals surface area contributed by atoms with Gasteiger partial charge in [-0.15, -0.1) is 5.01 Å².